The van der Waals surface area contributed by atoms with Gasteiger partial charge in [-0.25, -0.2) is 4.39 Å². The third kappa shape index (κ3) is 3.12. The lowest BCUT2D eigenvalue weighted by atomic mass is 9.95. The Kier molecular flexibility index (Phi) is 4.96. The minimum absolute atomic E-state index is 0.106. The molecule has 4 rings (SSSR count). The first-order chi connectivity index (χ1) is 14.1. The number of methoxy groups -OCH3 is 2. The number of carbonyl (C=O) groups is 1. The third-order valence-electron chi connectivity index (χ3n) is 5.18. The number of aromatic nitrogens is 2. The van der Waals surface area contributed by atoms with Gasteiger partial charge in [-0.1, -0.05) is 6.92 Å². The van der Waals surface area contributed by atoms with Gasteiger partial charge < -0.3 is 14.4 Å². The number of fused-ring (bicyclic) bond motifs is 1. The summed E-state index contributed by atoms with van der Waals surface area (Å²) in [5.41, 5.74) is 3.46. The molecule has 6 nitrogen and oxygen atoms in total. The summed E-state index contributed by atoms with van der Waals surface area (Å²) in [5.74, 6) is 0.870. The molecular weight excluding hydrogens is 373 g/mol. The van der Waals surface area contributed by atoms with Gasteiger partial charge in [0.2, 0.25) is 0 Å². The predicted octanol–water partition coefficient (Wildman–Crippen LogP) is 4.19. The second kappa shape index (κ2) is 7.58. The molecule has 1 aliphatic heterocycles. The average Bonchev–Trinajstić information content (AvgIpc) is 3.28. The maximum atomic E-state index is 13.4. The van der Waals surface area contributed by atoms with Crippen LogP contribution in [0.4, 0.5) is 4.39 Å². The van der Waals surface area contributed by atoms with E-state index in [9.17, 15) is 9.18 Å². The van der Waals surface area contributed by atoms with Gasteiger partial charge >= 0.3 is 0 Å². The van der Waals surface area contributed by atoms with E-state index in [1.165, 1.54) is 12.1 Å². The van der Waals surface area contributed by atoms with Crippen molar-refractivity contribution < 1.29 is 18.7 Å². The van der Waals surface area contributed by atoms with Gasteiger partial charge in [0.05, 0.1) is 26.0 Å². The number of aromatic amines is 1. The summed E-state index contributed by atoms with van der Waals surface area (Å²) in [5, 5.41) is 7.28. The zero-order chi connectivity index (χ0) is 20.5. The highest BCUT2D eigenvalue weighted by molar-refractivity contribution is 6.00. The Morgan fingerprint density at radius 1 is 1.14 bits per heavy atom. The molecule has 1 atom stereocenters. The SMILES string of the molecule is CCCN1C(=O)c2[nH]nc(-c3ccc(F)cc3)c2C1c1ccc(OC)cc1OC. The summed E-state index contributed by atoms with van der Waals surface area (Å²) < 4.78 is 24.4. The average molecular weight is 395 g/mol. The molecule has 1 amide bonds. The molecule has 7 heteroatoms. The summed E-state index contributed by atoms with van der Waals surface area (Å²) in [6.45, 7) is 2.62. The molecule has 0 spiro atoms. The van der Waals surface area contributed by atoms with Crippen molar-refractivity contribution in [1.29, 1.82) is 0 Å². The number of H-pyrrole nitrogens is 1. The van der Waals surface area contributed by atoms with E-state index in [0.29, 0.717) is 29.4 Å². The molecule has 0 fully saturated rings. The molecule has 0 saturated carbocycles. The van der Waals surface area contributed by atoms with E-state index in [1.807, 2.05) is 24.0 Å². The first kappa shape index (κ1) is 19.0. The van der Waals surface area contributed by atoms with E-state index in [1.54, 1.807) is 32.4 Å². The number of hydrogen-bond acceptors (Lipinski definition) is 4. The standard InChI is InChI=1S/C22H22FN3O3/c1-4-11-26-21(16-10-9-15(28-2)12-17(16)29-3)18-19(24-25-20(18)22(26)27)13-5-7-14(23)8-6-13/h5-10,12,21H,4,11H2,1-3H3,(H,24,25). The largest absolute Gasteiger partial charge is 0.497 e. The summed E-state index contributed by atoms with van der Waals surface area (Å²) in [7, 11) is 3.19. The van der Waals surface area contributed by atoms with Crippen molar-refractivity contribution in [3.63, 3.8) is 0 Å². The van der Waals surface area contributed by atoms with E-state index < -0.39 is 0 Å². The fraction of sp³-hybridized carbons (Fsp3) is 0.273. The number of benzene rings is 2. The quantitative estimate of drug-likeness (QED) is 0.680. The molecule has 150 valence electrons. The number of ether oxygens (including phenoxy) is 2. The lowest BCUT2D eigenvalue weighted by Gasteiger charge is -2.27. The highest BCUT2D eigenvalue weighted by Crippen LogP contribution is 2.46. The van der Waals surface area contributed by atoms with E-state index in [2.05, 4.69) is 10.2 Å². The van der Waals surface area contributed by atoms with Crippen LogP contribution in [0.2, 0.25) is 0 Å². The molecule has 29 heavy (non-hydrogen) atoms. The van der Waals surface area contributed by atoms with E-state index in [4.69, 9.17) is 9.47 Å². The molecule has 3 aromatic rings. The van der Waals surface area contributed by atoms with Crippen molar-refractivity contribution in [2.45, 2.75) is 19.4 Å². The van der Waals surface area contributed by atoms with E-state index in [-0.39, 0.29) is 17.8 Å². The number of hydrogen-bond donors (Lipinski definition) is 1. The molecule has 0 aliphatic carbocycles. The predicted molar refractivity (Wildman–Crippen MR) is 107 cm³/mol. The smallest absolute Gasteiger partial charge is 0.273 e. The molecule has 2 heterocycles. The Labute approximate surface area is 168 Å². The Morgan fingerprint density at radius 3 is 2.55 bits per heavy atom. The fourth-order valence-electron chi connectivity index (χ4n) is 3.86. The van der Waals surface area contributed by atoms with Gasteiger partial charge in [0.25, 0.3) is 5.91 Å². The van der Waals surface area contributed by atoms with Crippen LogP contribution in [0.1, 0.15) is 41.0 Å². The van der Waals surface area contributed by atoms with Crippen LogP contribution >= 0.6 is 0 Å². The van der Waals surface area contributed by atoms with Crippen LogP contribution in [0.15, 0.2) is 42.5 Å². The maximum absolute atomic E-state index is 13.4. The van der Waals surface area contributed by atoms with E-state index in [0.717, 1.165) is 23.1 Å². The first-order valence-electron chi connectivity index (χ1n) is 9.46. The second-order valence-electron chi connectivity index (χ2n) is 6.88. The van der Waals surface area contributed by atoms with Crippen LogP contribution < -0.4 is 9.47 Å². The normalized spacial score (nSPS) is 15.5. The molecule has 2 aromatic carbocycles. The minimum Gasteiger partial charge on any atom is -0.497 e. The zero-order valence-electron chi connectivity index (χ0n) is 16.5. The Hall–Kier alpha value is -3.35. The molecule has 1 unspecified atom stereocenters. The number of nitrogens with zero attached hydrogens (tertiary/aromatic N) is 2. The molecule has 0 radical (unpaired) electrons. The van der Waals surface area contributed by atoms with E-state index >= 15 is 0 Å². The Morgan fingerprint density at radius 2 is 1.90 bits per heavy atom. The van der Waals surface area contributed by atoms with Gasteiger partial charge in [-0.05, 0) is 42.8 Å². The molecule has 0 saturated heterocycles. The van der Waals surface area contributed by atoms with Crippen molar-refractivity contribution in [2.24, 2.45) is 0 Å². The summed E-state index contributed by atoms with van der Waals surface area (Å²) in [6, 6.07) is 11.3. The molecule has 1 aliphatic rings. The zero-order valence-corrected chi connectivity index (χ0v) is 16.5. The topological polar surface area (TPSA) is 67.5 Å². The Bertz CT molecular complexity index is 1050. The minimum atomic E-state index is -0.364. The highest BCUT2D eigenvalue weighted by Gasteiger charge is 2.42. The van der Waals surface area contributed by atoms with Gasteiger partial charge in [0.15, 0.2) is 0 Å². The Balaban J connectivity index is 1.91. The number of carbonyl (C=O) groups excluding carboxylic acids is 1. The van der Waals surface area contributed by atoms with Crippen LogP contribution in [0.3, 0.4) is 0 Å². The molecule has 0 bridgehead atoms. The van der Waals surface area contributed by atoms with Crippen LogP contribution in [0, 0.1) is 5.82 Å². The molecule has 1 N–H and O–H groups in total. The summed E-state index contributed by atoms with van der Waals surface area (Å²) in [6.07, 6.45) is 0.810. The lowest BCUT2D eigenvalue weighted by Crippen LogP contribution is -2.30. The third-order valence-corrected chi connectivity index (χ3v) is 5.18. The van der Waals surface area contributed by atoms with Crippen molar-refractivity contribution in [3.05, 3.63) is 65.1 Å². The number of halogens is 1. The van der Waals surface area contributed by atoms with Crippen molar-refractivity contribution in [1.82, 2.24) is 15.1 Å². The van der Waals surface area contributed by atoms with Crippen LogP contribution in [0.25, 0.3) is 11.3 Å². The molecular formula is C22H22FN3O3. The van der Waals surface area contributed by atoms with Gasteiger partial charge in [0.1, 0.15) is 23.0 Å². The highest BCUT2D eigenvalue weighted by atomic mass is 19.1. The number of rotatable bonds is 6. The van der Waals surface area contributed by atoms with Crippen LogP contribution in [-0.4, -0.2) is 41.8 Å². The first-order valence-corrected chi connectivity index (χ1v) is 9.46. The molecule has 1 aromatic heterocycles. The van der Waals surface area contributed by atoms with Gasteiger partial charge in [-0.15, -0.1) is 0 Å². The fourth-order valence-corrected chi connectivity index (χ4v) is 3.86. The van der Waals surface area contributed by atoms with Crippen molar-refractivity contribution in [2.75, 3.05) is 20.8 Å². The number of nitrogens with one attached hydrogen (secondary N) is 1. The monoisotopic (exact) mass is 395 g/mol. The lowest BCUT2D eigenvalue weighted by molar-refractivity contribution is 0.0742. The van der Waals surface area contributed by atoms with Crippen molar-refractivity contribution >= 4 is 5.91 Å². The van der Waals surface area contributed by atoms with Crippen molar-refractivity contribution in [3.8, 4) is 22.8 Å². The van der Waals surface area contributed by atoms with Gasteiger partial charge in [-0.3, -0.25) is 9.89 Å². The second-order valence-corrected chi connectivity index (χ2v) is 6.88. The summed E-state index contributed by atoms with van der Waals surface area (Å²) in [4.78, 5) is 14.9. The van der Waals surface area contributed by atoms with Crippen LogP contribution in [-0.2, 0) is 0 Å². The van der Waals surface area contributed by atoms with Gasteiger partial charge in [-0.2, -0.15) is 5.10 Å². The summed E-state index contributed by atoms with van der Waals surface area (Å²) >= 11 is 0. The van der Waals surface area contributed by atoms with Gasteiger partial charge in [0, 0.05) is 29.3 Å². The van der Waals surface area contributed by atoms with Crippen LogP contribution in [0.5, 0.6) is 11.5 Å². The maximum Gasteiger partial charge on any atom is 0.273 e. The number of amides is 1.